The summed E-state index contributed by atoms with van der Waals surface area (Å²) in [4.78, 5) is 32.0. The number of nitrogens with zero attached hydrogens (tertiary/aromatic N) is 5. The quantitative estimate of drug-likeness (QED) is 0.0187. The monoisotopic (exact) mass is 1130 g/mol. The van der Waals surface area contributed by atoms with Gasteiger partial charge in [0.1, 0.15) is 36.0 Å². The van der Waals surface area contributed by atoms with E-state index in [2.05, 4.69) is 42.1 Å². The van der Waals surface area contributed by atoms with Gasteiger partial charge in [-0.05, 0) is 124 Å². The average Bonchev–Trinajstić information content (AvgIpc) is 3.97. The normalized spacial score (nSPS) is 12.6. The first-order valence-electron chi connectivity index (χ1n) is 26.6. The molecule has 2 aliphatic carbocycles. The molecule has 0 atom stereocenters. The van der Waals surface area contributed by atoms with Crippen molar-refractivity contribution < 1.29 is 57.5 Å². The van der Waals surface area contributed by atoms with Crippen LogP contribution in [0.4, 0.5) is 26.7 Å². The number of nitrogen functional groups attached to an aromatic ring is 1. The fourth-order valence-corrected chi connectivity index (χ4v) is 9.01. The summed E-state index contributed by atoms with van der Waals surface area (Å²) in [5.74, 6) is 1.82. The number of rotatable bonds is 22. The van der Waals surface area contributed by atoms with Crippen LogP contribution in [0, 0.1) is 32.8 Å². The Morgan fingerprint density at radius 1 is 0.679 bits per heavy atom. The van der Waals surface area contributed by atoms with E-state index in [9.17, 15) is 30.2 Å². The number of amides is 1. The first kappa shape index (κ1) is 62.0. The maximum atomic E-state index is 12.1. The first-order chi connectivity index (χ1) is 39.4. The Bertz CT molecular complexity index is 3230. The highest BCUT2D eigenvalue weighted by Crippen LogP contribution is 2.45. The smallest absolute Gasteiger partial charge is 0.411 e. The molecule has 0 radical (unpaired) electrons. The number of carbonyl (C=O) groups excluding carboxylic acids is 2. The van der Waals surface area contributed by atoms with Gasteiger partial charge in [-0.15, -0.1) is 0 Å². The lowest BCUT2D eigenvalue weighted by Gasteiger charge is -2.30. The molecule has 2 heterocycles. The Morgan fingerprint density at radius 2 is 1.14 bits per heavy atom. The van der Waals surface area contributed by atoms with Crippen molar-refractivity contribution in [1.29, 1.82) is 10.5 Å². The summed E-state index contributed by atoms with van der Waals surface area (Å²) >= 11 is 4.92. The number of anilines is 2. The minimum atomic E-state index is -0.978. The highest BCUT2D eigenvalue weighted by Gasteiger charge is 2.29. The van der Waals surface area contributed by atoms with E-state index in [4.69, 9.17) is 50.9 Å². The average molecular weight is 1130 g/mol. The molecule has 4 N–H and O–H groups in total. The predicted octanol–water partition coefficient (Wildman–Crippen LogP) is 12.4. The SMILES string of the molecule is CCOc1ccc2c(C#N)c(-c3ccc(N)cc3)n(C3CCC3)c2c1.CCOc1ccc2c(C#N)c(-c3ccc(NC(=O)OCCOCCOC)cc3)n(C3CCC3)c2c1.COCCOCCO.O=C(Cl)Oc1ccc([N+](=O)[O-])cc1. The molecule has 1 amide bonds. The number of nitriles is 2. The largest absolute Gasteiger partial charge is 0.494 e. The van der Waals surface area contributed by atoms with Crippen LogP contribution in [0.25, 0.3) is 44.3 Å². The zero-order chi connectivity index (χ0) is 58.1. The summed E-state index contributed by atoms with van der Waals surface area (Å²) in [5.41, 5.74) is 13.5. The third-order valence-corrected chi connectivity index (χ3v) is 13.1. The number of hydrogen-bond acceptors (Lipinski definition) is 16. The van der Waals surface area contributed by atoms with Gasteiger partial charge in [0.2, 0.25) is 0 Å². The van der Waals surface area contributed by atoms with Crippen molar-refractivity contribution in [2.24, 2.45) is 0 Å². The molecular weight excluding hydrogens is 1060 g/mol. The Balaban J connectivity index is 0.000000198. The maximum absolute atomic E-state index is 12.1. The molecule has 21 heteroatoms. The molecule has 5 aromatic carbocycles. The van der Waals surface area contributed by atoms with Crippen LogP contribution in [0.3, 0.4) is 0 Å². The molecule has 0 unspecified atom stereocenters. The van der Waals surface area contributed by atoms with Gasteiger partial charge in [0.05, 0.1) is 97.9 Å². The summed E-state index contributed by atoms with van der Waals surface area (Å²) in [6.45, 7) is 8.24. The van der Waals surface area contributed by atoms with Crippen molar-refractivity contribution in [1.82, 2.24) is 9.13 Å². The van der Waals surface area contributed by atoms with Crippen LogP contribution >= 0.6 is 11.6 Å². The second-order valence-corrected chi connectivity index (χ2v) is 18.6. The number of carbonyl (C=O) groups is 2. The fraction of sp³-hybridized carbons (Fsp3) is 0.367. The highest BCUT2D eigenvalue weighted by molar-refractivity contribution is 6.61. The first-order valence-corrected chi connectivity index (χ1v) is 26.9. The Morgan fingerprint density at radius 3 is 1.54 bits per heavy atom. The molecule has 2 fully saturated rings. The highest BCUT2D eigenvalue weighted by atomic mass is 35.5. The molecule has 7 aromatic rings. The molecule has 0 spiro atoms. The Hall–Kier alpha value is -8.21. The van der Waals surface area contributed by atoms with E-state index in [0.29, 0.717) is 76.2 Å². The number of nitrogens with two attached hydrogens (primary N) is 1. The third kappa shape index (κ3) is 17.1. The molecule has 20 nitrogen and oxygen atoms in total. The number of aliphatic hydroxyl groups excluding tert-OH is 1. The van der Waals surface area contributed by atoms with Crippen LogP contribution in [0.15, 0.2) is 109 Å². The fourth-order valence-electron chi connectivity index (χ4n) is 8.92. The number of benzene rings is 5. The lowest BCUT2D eigenvalue weighted by molar-refractivity contribution is -0.384. The van der Waals surface area contributed by atoms with Crippen LogP contribution in [-0.4, -0.2) is 111 Å². The van der Waals surface area contributed by atoms with Crippen LogP contribution in [0.1, 0.15) is 75.6 Å². The number of methoxy groups -OCH3 is 2. The third-order valence-electron chi connectivity index (χ3n) is 13.1. The molecule has 2 aliphatic rings. The predicted molar refractivity (Wildman–Crippen MR) is 309 cm³/mol. The number of aromatic nitrogens is 2. The number of aliphatic hydroxyl groups is 1. The zero-order valence-electron chi connectivity index (χ0n) is 45.9. The molecule has 0 aliphatic heterocycles. The van der Waals surface area contributed by atoms with Crippen molar-refractivity contribution in [2.45, 2.75) is 64.5 Å². The van der Waals surface area contributed by atoms with Gasteiger partial charge in [0.25, 0.3) is 5.69 Å². The molecule has 0 saturated heterocycles. The van der Waals surface area contributed by atoms with Crippen LogP contribution in [-0.2, 0) is 23.7 Å². The number of hydrogen-bond donors (Lipinski definition) is 3. The molecule has 81 heavy (non-hydrogen) atoms. The topological polar surface area (TPSA) is 267 Å². The van der Waals surface area contributed by atoms with E-state index in [1.54, 1.807) is 14.2 Å². The van der Waals surface area contributed by atoms with Gasteiger partial charge in [-0.1, -0.05) is 24.3 Å². The van der Waals surface area contributed by atoms with Gasteiger partial charge >= 0.3 is 11.5 Å². The van der Waals surface area contributed by atoms with Crippen LogP contribution in [0.5, 0.6) is 17.2 Å². The standard InChI is InChI=1S/C27H31N3O5.C21H21N3O.C7H4ClNO4.C5H12O3/c1-3-34-22-11-12-23-24(18-28)26(30(25(23)17-22)21-5-4-6-21)19-7-9-20(10-8-19)29-27(31)35-16-15-33-14-13-32-2;1-2-25-17-10-11-18-19(13-22)21(14-6-8-15(23)9-7-14)24(20(18)12-17)16-4-3-5-16;8-7(10)13-6-3-1-5(2-4-6)9(11)12;1-7-4-5-8-3-2-6/h7-12,17,21H,3-6,13-16H2,1-2H3,(H,29,31);6-12,16H,2-5,23H2,1H3;1-4H;6H,2-5H2,1H3. The molecule has 0 bridgehead atoms. The van der Waals surface area contributed by atoms with Gasteiger partial charge < -0.3 is 57.9 Å². The second-order valence-electron chi connectivity index (χ2n) is 18.3. The van der Waals surface area contributed by atoms with Crippen molar-refractivity contribution in [3.05, 3.63) is 130 Å². The number of nitro benzene ring substituents is 1. The zero-order valence-corrected chi connectivity index (χ0v) is 46.7. The summed E-state index contributed by atoms with van der Waals surface area (Å²) in [6, 6.07) is 37.9. The second kappa shape index (κ2) is 32.1. The van der Waals surface area contributed by atoms with Gasteiger partial charge in [-0.3, -0.25) is 15.4 Å². The summed E-state index contributed by atoms with van der Waals surface area (Å²) in [7, 11) is 3.22. The maximum Gasteiger partial charge on any atom is 0.411 e. The summed E-state index contributed by atoms with van der Waals surface area (Å²) < 4.78 is 45.4. The van der Waals surface area contributed by atoms with Crippen molar-refractivity contribution in [3.8, 4) is 51.9 Å². The molecule has 428 valence electrons. The minimum Gasteiger partial charge on any atom is -0.494 e. The lowest BCUT2D eigenvalue weighted by Crippen LogP contribution is -2.18. The van der Waals surface area contributed by atoms with Crippen LogP contribution in [0.2, 0.25) is 0 Å². The summed E-state index contributed by atoms with van der Waals surface area (Å²) in [5, 5.41) is 43.0. The van der Waals surface area contributed by atoms with Crippen molar-refractivity contribution >= 4 is 62.0 Å². The van der Waals surface area contributed by atoms with Gasteiger partial charge in [-0.2, -0.15) is 10.5 Å². The Labute approximate surface area is 475 Å². The number of halogens is 1. The number of nitrogens with one attached hydrogen (secondary N) is 1. The van der Waals surface area contributed by atoms with Crippen LogP contribution < -0.4 is 25.3 Å². The van der Waals surface area contributed by atoms with Gasteiger partial charge in [0.15, 0.2) is 0 Å². The van der Waals surface area contributed by atoms with Crippen molar-refractivity contribution in [3.63, 3.8) is 0 Å². The van der Waals surface area contributed by atoms with E-state index >= 15 is 0 Å². The number of non-ortho nitro benzene ring substituents is 1. The van der Waals surface area contributed by atoms with Crippen molar-refractivity contribution in [2.75, 3.05) is 91.3 Å². The molecule has 9 rings (SSSR count). The van der Waals surface area contributed by atoms with E-state index < -0.39 is 16.4 Å². The number of fused-ring (bicyclic) bond motifs is 2. The molecule has 2 saturated carbocycles. The summed E-state index contributed by atoms with van der Waals surface area (Å²) in [6.07, 6.45) is 6.34. The van der Waals surface area contributed by atoms with Gasteiger partial charge in [-0.25, -0.2) is 9.59 Å². The number of nitro groups is 1. The Kier molecular flexibility index (Phi) is 24.6. The van der Waals surface area contributed by atoms with Gasteiger partial charge in [0, 0.05) is 84.3 Å². The number of ether oxygens (including phenoxy) is 8. The van der Waals surface area contributed by atoms with E-state index in [0.717, 1.165) is 92.8 Å². The van der Waals surface area contributed by atoms with E-state index in [1.165, 1.54) is 37.1 Å². The molecule has 2 aromatic heterocycles. The van der Waals surface area contributed by atoms with E-state index in [1.807, 2.05) is 92.7 Å². The van der Waals surface area contributed by atoms with E-state index in [-0.39, 0.29) is 24.7 Å². The minimum absolute atomic E-state index is 0.0747. The molecular formula is C60H68ClN7O13. The lowest BCUT2D eigenvalue weighted by atomic mass is 9.92.